The van der Waals surface area contributed by atoms with E-state index in [-0.39, 0.29) is 31.1 Å². The van der Waals surface area contributed by atoms with Crippen molar-refractivity contribution in [3.8, 4) is 11.1 Å². The van der Waals surface area contributed by atoms with E-state index in [2.05, 4.69) is 40.5 Å². The number of ether oxygens (including phenoxy) is 4. The Balaban J connectivity index is 1.09. The van der Waals surface area contributed by atoms with Crippen LogP contribution in [0.15, 0.2) is 72.8 Å². The minimum Gasteiger partial charge on any atom is -0.481 e. The number of aliphatic hydroxyl groups is 1. The summed E-state index contributed by atoms with van der Waals surface area (Å²) in [6.45, 7) is 4.35. The number of piperidine rings is 1. The maximum Gasteiger partial charge on any atom is 0.303 e. The molecule has 0 unspecified atom stereocenters. The number of benzene rings is 3. The second-order valence-electron chi connectivity index (χ2n) is 13.6. The van der Waals surface area contributed by atoms with Crippen LogP contribution in [0.25, 0.3) is 11.1 Å². The average molecular weight is 687 g/mol. The van der Waals surface area contributed by atoms with Crippen molar-refractivity contribution >= 4 is 11.9 Å². The molecule has 0 radical (unpaired) electrons. The molecule has 0 aromatic heterocycles. The van der Waals surface area contributed by atoms with E-state index in [0.29, 0.717) is 32.6 Å². The number of hydrogen-bond donors (Lipinski definition) is 3. The number of hydrogen-bond acceptors (Lipinski definition) is 8. The predicted octanol–water partition coefficient (Wildman–Crippen LogP) is 6.27. The highest BCUT2D eigenvalue weighted by atomic mass is 16.7. The lowest BCUT2D eigenvalue weighted by molar-refractivity contribution is -0.255. The van der Waals surface area contributed by atoms with E-state index in [1.165, 1.54) is 0 Å². The Morgan fingerprint density at radius 1 is 0.820 bits per heavy atom. The third-order valence-corrected chi connectivity index (χ3v) is 10.0. The van der Waals surface area contributed by atoms with Crippen LogP contribution in [-0.4, -0.2) is 71.7 Å². The molecule has 3 aromatic rings. The van der Waals surface area contributed by atoms with Crippen molar-refractivity contribution in [2.45, 2.75) is 95.2 Å². The molecule has 0 bridgehead atoms. The molecule has 3 aliphatic heterocycles. The highest BCUT2D eigenvalue weighted by molar-refractivity contribution is 5.76. The van der Waals surface area contributed by atoms with E-state index in [0.717, 1.165) is 91.5 Å². The number of nitrogens with one attached hydrogen (secondary N) is 1. The number of carbonyl (C=O) groups is 2. The van der Waals surface area contributed by atoms with Gasteiger partial charge in [-0.3, -0.25) is 9.59 Å². The Hall–Kier alpha value is -3.64. The fraction of sp³-hybridized carbons (Fsp3) is 0.500. The van der Waals surface area contributed by atoms with Gasteiger partial charge in [0.15, 0.2) is 12.1 Å². The Morgan fingerprint density at radius 3 is 2.20 bits per heavy atom. The van der Waals surface area contributed by atoms with E-state index in [1.807, 2.05) is 42.5 Å². The summed E-state index contributed by atoms with van der Waals surface area (Å²) in [6.07, 6.45) is 5.38. The lowest BCUT2D eigenvalue weighted by Gasteiger charge is -2.41. The molecule has 1 amide bonds. The Labute approximate surface area is 294 Å². The number of aliphatic hydroxyl groups excluding tert-OH is 1. The zero-order valence-corrected chi connectivity index (χ0v) is 28.8. The molecule has 0 saturated carbocycles. The molecular weight excluding hydrogens is 636 g/mol. The van der Waals surface area contributed by atoms with Crippen LogP contribution in [0.2, 0.25) is 0 Å². The SMILES string of the molecule is O=C(O)CCCCCCC(=O)NCc1ccccc1-c1ccc([C@@H]2O[C@H](CN3CCC4(CC3)OCCO4)C[C@H](c3ccc(CO)cc3)O2)cc1. The molecule has 6 rings (SSSR count). The quantitative estimate of drug-likeness (QED) is 0.159. The van der Waals surface area contributed by atoms with Crippen LogP contribution in [0.4, 0.5) is 0 Å². The number of amides is 1. The number of unbranched alkanes of at least 4 members (excludes halogenated alkanes) is 3. The number of rotatable bonds is 15. The number of carboxylic acid groups (broad SMARTS) is 1. The molecule has 3 fully saturated rings. The molecule has 10 nitrogen and oxygen atoms in total. The standard InChI is InChI=1S/C40H50N2O8/c43-28-29-11-13-31(14-12-29)36-25-34(27-42-21-19-40(20-22-42)47-23-24-48-40)49-39(50-36)32-17-15-30(16-18-32)35-8-6-5-7-33(35)26-41-37(44)9-3-1-2-4-10-38(45)46/h5-8,11-18,34,36,39,43H,1-4,9-10,19-28H2,(H,41,44)(H,45,46)/t34-,36+,39+/m0/s1. The van der Waals surface area contributed by atoms with Gasteiger partial charge < -0.3 is 39.4 Å². The van der Waals surface area contributed by atoms with Gasteiger partial charge in [-0.1, -0.05) is 85.6 Å². The van der Waals surface area contributed by atoms with Crippen LogP contribution >= 0.6 is 0 Å². The number of likely N-dealkylation sites (tertiary alicyclic amines) is 1. The number of aliphatic carboxylic acids is 1. The van der Waals surface area contributed by atoms with Crippen LogP contribution in [-0.2, 0) is 41.7 Å². The van der Waals surface area contributed by atoms with Gasteiger partial charge in [-0.2, -0.15) is 0 Å². The summed E-state index contributed by atoms with van der Waals surface area (Å²) in [7, 11) is 0. The second kappa shape index (κ2) is 17.5. The Bertz CT molecular complexity index is 1530. The van der Waals surface area contributed by atoms with Crippen molar-refractivity contribution in [3.05, 3.63) is 95.1 Å². The third kappa shape index (κ3) is 9.78. The van der Waals surface area contributed by atoms with Gasteiger partial charge >= 0.3 is 5.97 Å². The minimum atomic E-state index is -0.775. The number of carboxylic acids is 1. The van der Waals surface area contributed by atoms with Crippen LogP contribution in [0.5, 0.6) is 0 Å². The summed E-state index contributed by atoms with van der Waals surface area (Å²) < 4.78 is 25.1. The van der Waals surface area contributed by atoms with Gasteiger partial charge in [-0.05, 0) is 40.7 Å². The molecule has 1 spiro atoms. The summed E-state index contributed by atoms with van der Waals surface area (Å²) in [5.74, 6) is -1.19. The second-order valence-corrected chi connectivity index (χ2v) is 13.6. The lowest BCUT2D eigenvalue weighted by atomic mass is 9.97. The van der Waals surface area contributed by atoms with Crippen molar-refractivity contribution < 1.29 is 38.7 Å². The van der Waals surface area contributed by atoms with Crippen molar-refractivity contribution in [1.82, 2.24) is 10.2 Å². The molecule has 3 aliphatic rings. The predicted molar refractivity (Wildman–Crippen MR) is 188 cm³/mol. The molecule has 3 atom stereocenters. The van der Waals surface area contributed by atoms with Gasteiger partial charge in [0.2, 0.25) is 5.91 Å². The van der Waals surface area contributed by atoms with Gasteiger partial charge in [-0.15, -0.1) is 0 Å². The highest BCUT2D eigenvalue weighted by Gasteiger charge is 2.41. The topological polar surface area (TPSA) is 127 Å². The molecule has 0 aliphatic carbocycles. The molecule has 3 aromatic carbocycles. The van der Waals surface area contributed by atoms with Gasteiger partial charge in [0, 0.05) is 63.8 Å². The average Bonchev–Trinajstić information content (AvgIpc) is 3.61. The summed E-state index contributed by atoms with van der Waals surface area (Å²) in [5, 5.41) is 21.4. The first-order valence-electron chi connectivity index (χ1n) is 18.1. The van der Waals surface area contributed by atoms with Gasteiger partial charge in [0.25, 0.3) is 0 Å². The number of carbonyl (C=O) groups excluding carboxylic acids is 1. The first-order valence-corrected chi connectivity index (χ1v) is 18.1. The zero-order chi connectivity index (χ0) is 34.8. The van der Waals surface area contributed by atoms with Crippen LogP contribution in [0, 0.1) is 0 Å². The molecular formula is C40H50N2O8. The molecule has 50 heavy (non-hydrogen) atoms. The summed E-state index contributed by atoms with van der Waals surface area (Å²) in [4.78, 5) is 25.7. The van der Waals surface area contributed by atoms with Crippen molar-refractivity contribution in [1.29, 1.82) is 0 Å². The first-order chi connectivity index (χ1) is 24.4. The van der Waals surface area contributed by atoms with Gasteiger partial charge in [0.05, 0.1) is 32.0 Å². The van der Waals surface area contributed by atoms with E-state index < -0.39 is 18.0 Å². The molecule has 3 heterocycles. The van der Waals surface area contributed by atoms with E-state index in [1.54, 1.807) is 0 Å². The fourth-order valence-corrected chi connectivity index (χ4v) is 7.16. The van der Waals surface area contributed by atoms with Gasteiger partial charge in [0.1, 0.15) is 0 Å². The van der Waals surface area contributed by atoms with Gasteiger partial charge in [-0.25, -0.2) is 0 Å². The number of nitrogens with zero attached hydrogens (tertiary/aromatic N) is 1. The Kier molecular flexibility index (Phi) is 12.7. The minimum absolute atomic E-state index is 0.000599. The molecule has 3 N–H and O–H groups in total. The van der Waals surface area contributed by atoms with Crippen molar-refractivity contribution in [3.63, 3.8) is 0 Å². The summed E-state index contributed by atoms with van der Waals surface area (Å²) in [5.41, 5.74) is 6.00. The largest absolute Gasteiger partial charge is 0.481 e. The first kappa shape index (κ1) is 36.2. The van der Waals surface area contributed by atoms with Crippen LogP contribution in [0.3, 0.4) is 0 Å². The summed E-state index contributed by atoms with van der Waals surface area (Å²) >= 11 is 0. The molecule has 10 heteroatoms. The van der Waals surface area contributed by atoms with E-state index in [4.69, 9.17) is 24.1 Å². The monoisotopic (exact) mass is 686 g/mol. The van der Waals surface area contributed by atoms with Crippen LogP contribution < -0.4 is 5.32 Å². The molecule has 3 saturated heterocycles. The Morgan fingerprint density at radius 2 is 1.50 bits per heavy atom. The van der Waals surface area contributed by atoms with E-state index >= 15 is 0 Å². The third-order valence-electron chi connectivity index (χ3n) is 10.0. The smallest absolute Gasteiger partial charge is 0.303 e. The molecule has 268 valence electrons. The van der Waals surface area contributed by atoms with Crippen molar-refractivity contribution in [2.24, 2.45) is 0 Å². The summed E-state index contributed by atoms with van der Waals surface area (Å²) in [6, 6.07) is 24.4. The maximum absolute atomic E-state index is 12.5. The maximum atomic E-state index is 12.5. The fourth-order valence-electron chi connectivity index (χ4n) is 7.16. The zero-order valence-electron chi connectivity index (χ0n) is 28.8. The lowest BCUT2D eigenvalue weighted by Crippen LogP contribution is -2.48. The highest BCUT2D eigenvalue weighted by Crippen LogP contribution is 2.40. The van der Waals surface area contributed by atoms with Crippen molar-refractivity contribution in [2.75, 3.05) is 32.8 Å². The normalized spacial score (nSPS) is 22.1. The van der Waals surface area contributed by atoms with E-state index in [9.17, 15) is 14.7 Å². The van der Waals surface area contributed by atoms with Crippen LogP contribution in [0.1, 0.15) is 92.4 Å².